The van der Waals surface area contributed by atoms with E-state index in [2.05, 4.69) is 39.2 Å². The Hall–Kier alpha value is -1.13. The zero-order valence-corrected chi connectivity index (χ0v) is 10.0. The van der Waals surface area contributed by atoms with E-state index in [0.29, 0.717) is 6.54 Å². The molecule has 2 N–H and O–H groups in total. The lowest BCUT2D eigenvalue weighted by atomic mass is 10.1. The topological polar surface area (TPSA) is 43.8 Å². The number of nitrogens with two attached hydrogens (primary N) is 1. The first-order valence-electron chi connectivity index (χ1n) is 4.71. The number of aryl methyl sites for hydroxylation is 1. The molecule has 0 aliphatic rings. The molecule has 78 valence electrons. The Balaban J connectivity index is 2.55. The van der Waals surface area contributed by atoms with Crippen molar-refractivity contribution in [1.29, 1.82) is 0 Å². The normalized spacial score (nSPS) is 11.7. The molecule has 0 fully saturated rings. The summed E-state index contributed by atoms with van der Waals surface area (Å²) in [7, 11) is 1.93. The molecule has 0 atom stereocenters. The van der Waals surface area contributed by atoms with Crippen molar-refractivity contribution in [3.63, 3.8) is 0 Å². The molecule has 0 aliphatic carbocycles. The van der Waals surface area contributed by atoms with Crippen LogP contribution in [-0.4, -0.2) is 16.3 Å². The maximum absolute atomic E-state index is 5.41. The minimum atomic E-state index is 0.562. The van der Waals surface area contributed by atoms with Crippen molar-refractivity contribution in [3.8, 4) is 0 Å². The van der Waals surface area contributed by atoms with E-state index in [1.54, 1.807) is 0 Å². The van der Waals surface area contributed by atoms with Crippen molar-refractivity contribution in [1.82, 2.24) is 9.78 Å². The van der Waals surface area contributed by atoms with Crippen molar-refractivity contribution in [2.75, 3.05) is 6.54 Å². The average molecular weight is 266 g/mol. The quantitative estimate of drug-likeness (QED) is 0.906. The first-order chi connectivity index (χ1) is 7.22. The largest absolute Gasteiger partial charge is 0.327 e. The lowest BCUT2D eigenvalue weighted by molar-refractivity contribution is 0.788. The molecule has 1 aromatic carbocycles. The van der Waals surface area contributed by atoms with Gasteiger partial charge in [0.1, 0.15) is 4.60 Å². The van der Waals surface area contributed by atoms with Gasteiger partial charge < -0.3 is 5.73 Å². The van der Waals surface area contributed by atoms with Crippen LogP contribution < -0.4 is 5.73 Å². The average Bonchev–Trinajstić information content (AvgIpc) is 2.52. The van der Waals surface area contributed by atoms with Gasteiger partial charge in [0.25, 0.3) is 0 Å². The van der Waals surface area contributed by atoms with Gasteiger partial charge in [-0.15, -0.1) is 0 Å². The number of rotatable bonds is 2. The molecule has 0 amide bonds. The van der Waals surface area contributed by atoms with Gasteiger partial charge in [0.05, 0.1) is 5.52 Å². The van der Waals surface area contributed by atoms with Gasteiger partial charge in [0.15, 0.2) is 0 Å². The fourth-order valence-corrected chi connectivity index (χ4v) is 2.10. The van der Waals surface area contributed by atoms with E-state index in [0.717, 1.165) is 21.1 Å². The zero-order valence-electron chi connectivity index (χ0n) is 8.44. The number of hydrogen-bond donors (Lipinski definition) is 1. The Kier molecular flexibility index (Phi) is 2.88. The lowest BCUT2D eigenvalue weighted by Crippen LogP contribution is -1.92. The summed E-state index contributed by atoms with van der Waals surface area (Å²) in [6, 6.07) is 6.21. The van der Waals surface area contributed by atoms with E-state index in [9.17, 15) is 0 Å². The van der Waals surface area contributed by atoms with Gasteiger partial charge in [0.2, 0.25) is 0 Å². The summed E-state index contributed by atoms with van der Waals surface area (Å²) >= 11 is 3.44. The van der Waals surface area contributed by atoms with Crippen LogP contribution in [0, 0.1) is 0 Å². The Morgan fingerprint density at radius 2 is 2.33 bits per heavy atom. The standard InChI is InChI=1S/C11H12BrN3/c1-15-10-5-4-8(3-2-6-13)7-9(10)11(12)14-15/h2-5,7H,6,13H2,1H3/b3-2+. The monoisotopic (exact) mass is 265 g/mol. The first-order valence-corrected chi connectivity index (χ1v) is 5.50. The van der Waals surface area contributed by atoms with E-state index in [-0.39, 0.29) is 0 Å². The minimum Gasteiger partial charge on any atom is -0.327 e. The van der Waals surface area contributed by atoms with Crippen molar-refractivity contribution >= 4 is 32.9 Å². The fraction of sp³-hybridized carbons (Fsp3) is 0.182. The van der Waals surface area contributed by atoms with Crippen LogP contribution in [0.15, 0.2) is 28.9 Å². The Morgan fingerprint density at radius 3 is 3.07 bits per heavy atom. The van der Waals surface area contributed by atoms with Crippen molar-refractivity contribution in [2.24, 2.45) is 12.8 Å². The predicted octanol–water partition coefficient (Wildman–Crippen LogP) is 2.31. The van der Waals surface area contributed by atoms with Crippen LogP contribution in [0.2, 0.25) is 0 Å². The summed E-state index contributed by atoms with van der Waals surface area (Å²) in [5, 5.41) is 5.42. The van der Waals surface area contributed by atoms with Gasteiger partial charge in [-0.3, -0.25) is 4.68 Å². The van der Waals surface area contributed by atoms with Gasteiger partial charge >= 0.3 is 0 Å². The van der Waals surface area contributed by atoms with E-state index < -0.39 is 0 Å². The molecule has 2 rings (SSSR count). The highest BCUT2D eigenvalue weighted by Crippen LogP contribution is 2.24. The lowest BCUT2D eigenvalue weighted by Gasteiger charge is -1.96. The van der Waals surface area contributed by atoms with Crippen molar-refractivity contribution in [3.05, 3.63) is 34.4 Å². The Bertz CT molecular complexity index is 514. The number of halogens is 1. The highest BCUT2D eigenvalue weighted by Gasteiger charge is 2.05. The molecule has 0 spiro atoms. The van der Waals surface area contributed by atoms with Crippen LogP contribution in [0.4, 0.5) is 0 Å². The van der Waals surface area contributed by atoms with Gasteiger partial charge in [-0.25, -0.2) is 0 Å². The van der Waals surface area contributed by atoms with E-state index in [1.165, 1.54) is 0 Å². The molecule has 0 saturated carbocycles. The molecule has 1 aromatic heterocycles. The molecular formula is C11H12BrN3. The maximum atomic E-state index is 5.41. The third-order valence-electron chi connectivity index (χ3n) is 2.28. The summed E-state index contributed by atoms with van der Waals surface area (Å²) in [5.41, 5.74) is 7.67. The third-order valence-corrected chi connectivity index (χ3v) is 2.86. The summed E-state index contributed by atoms with van der Waals surface area (Å²) in [6.45, 7) is 0.562. The smallest absolute Gasteiger partial charge is 0.136 e. The number of nitrogens with zero attached hydrogens (tertiary/aromatic N) is 2. The van der Waals surface area contributed by atoms with Gasteiger partial charge in [-0.05, 0) is 33.6 Å². The molecule has 0 radical (unpaired) electrons. The third kappa shape index (κ3) is 1.96. The molecule has 3 nitrogen and oxygen atoms in total. The number of fused-ring (bicyclic) bond motifs is 1. The molecule has 15 heavy (non-hydrogen) atoms. The summed E-state index contributed by atoms with van der Waals surface area (Å²) in [6.07, 6.45) is 3.95. The van der Waals surface area contributed by atoms with Crippen LogP contribution in [0.3, 0.4) is 0 Å². The van der Waals surface area contributed by atoms with E-state index in [4.69, 9.17) is 5.73 Å². The van der Waals surface area contributed by atoms with Crippen LogP contribution >= 0.6 is 15.9 Å². The molecule has 4 heteroatoms. The second-order valence-electron chi connectivity index (χ2n) is 3.33. The van der Waals surface area contributed by atoms with Crippen molar-refractivity contribution < 1.29 is 0 Å². The molecule has 0 unspecified atom stereocenters. The second-order valence-corrected chi connectivity index (χ2v) is 4.08. The van der Waals surface area contributed by atoms with Crippen LogP contribution in [0.1, 0.15) is 5.56 Å². The SMILES string of the molecule is Cn1nc(Br)c2cc(/C=C/CN)ccc21. The van der Waals surface area contributed by atoms with Gasteiger partial charge in [0, 0.05) is 19.0 Å². The highest BCUT2D eigenvalue weighted by molar-refractivity contribution is 9.10. The molecule has 0 bridgehead atoms. The van der Waals surface area contributed by atoms with Crippen molar-refractivity contribution in [2.45, 2.75) is 0 Å². The second kappa shape index (κ2) is 4.16. The molecule has 0 aliphatic heterocycles. The maximum Gasteiger partial charge on any atom is 0.136 e. The van der Waals surface area contributed by atoms with Crippen LogP contribution in [-0.2, 0) is 7.05 Å². The summed E-state index contributed by atoms with van der Waals surface area (Å²) in [4.78, 5) is 0. The predicted molar refractivity (Wildman–Crippen MR) is 66.5 cm³/mol. The Morgan fingerprint density at radius 1 is 1.53 bits per heavy atom. The van der Waals surface area contributed by atoms with Crippen LogP contribution in [0.5, 0.6) is 0 Å². The number of hydrogen-bond acceptors (Lipinski definition) is 2. The molecule has 1 heterocycles. The van der Waals surface area contributed by atoms with Crippen LogP contribution in [0.25, 0.3) is 17.0 Å². The first kappa shape index (κ1) is 10.4. The minimum absolute atomic E-state index is 0.562. The van der Waals surface area contributed by atoms with E-state index in [1.807, 2.05) is 23.9 Å². The number of benzene rings is 1. The van der Waals surface area contributed by atoms with Gasteiger partial charge in [-0.1, -0.05) is 18.2 Å². The molecular weight excluding hydrogens is 254 g/mol. The summed E-state index contributed by atoms with van der Waals surface area (Å²) < 4.78 is 2.73. The Labute approximate surface area is 96.7 Å². The van der Waals surface area contributed by atoms with Gasteiger partial charge in [-0.2, -0.15) is 5.10 Å². The fourth-order valence-electron chi connectivity index (χ4n) is 1.55. The zero-order chi connectivity index (χ0) is 10.8. The highest BCUT2D eigenvalue weighted by atomic mass is 79.9. The molecule has 0 saturated heterocycles. The van der Waals surface area contributed by atoms with E-state index >= 15 is 0 Å². The molecule has 2 aromatic rings. The number of aromatic nitrogens is 2. The summed E-state index contributed by atoms with van der Waals surface area (Å²) in [5.74, 6) is 0.